The van der Waals surface area contributed by atoms with Crippen molar-refractivity contribution in [1.29, 1.82) is 0 Å². The first-order valence-corrected chi connectivity index (χ1v) is 4.94. The molecule has 0 bridgehead atoms. The lowest BCUT2D eigenvalue weighted by Gasteiger charge is -2.08. The molecule has 0 radical (unpaired) electrons. The zero-order chi connectivity index (χ0) is 11.3. The highest BCUT2D eigenvalue weighted by Gasteiger charge is 2.08. The van der Waals surface area contributed by atoms with Gasteiger partial charge in [0.15, 0.2) is 0 Å². The van der Waals surface area contributed by atoms with Crippen LogP contribution in [0.5, 0.6) is 0 Å². The van der Waals surface area contributed by atoms with Crippen LogP contribution >= 0.6 is 0 Å². The van der Waals surface area contributed by atoms with Gasteiger partial charge in [-0.1, -0.05) is 24.1 Å². The Morgan fingerprint density at radius 1 is 1.21 bits per heavy atom. The molecule has 1 atom stereocenters. The number of nitrogens with one attached hydrogen (secondary N) is 1. The zero-order valence-electron chi connectivity index (χ0n) is 10.1. The molecule has 0 aliphatic carbocycles. The van der Waals surface area contributed by atoms with E-state index in [0.29, 0.717) is 0 Å². The Balaban J connectivity index is 4.69. The third-order valence-electron chi connectivity index (χ3n) is 2.50. The normalized spacial score (nSPS) is 13.4. The van der Waals surface area contributed by atoms with Crippen LogP contribution in [0.1, 0.15) is 34.6 Å². The van der Waals surface area contributed by atoms with E-state index in [0.717, 1.165) is 0 Å². The van der Waals surface area contributed by atoms with Crippen molar-refractivity contribution in [2.24, 2.45) is 5.92 Å². The summed E-state index contributed by atoms with van der Waals surface area (Å²) in [6, 6.07) is 0. The molecular formula is C12H21NO. The zero-order valence-corrected chi connectivity index (χ0v) is 10.1. The molecule has 2 heteroatoms. The van der Waals surface area contributed by atoms with Crippen molar-refractivity contribution >= 4 is 5.91 Å². The Morgan fingerprint density at radius 2 is 1.71 bits per heavy atom. The van der Waals surface area contributed by atoms with Gasteiger partial charge in [-0.2, -0.15) is 0 Å². The molecule has 2 nitrogen and oxygen atoms in total. The lowest BCUT2D eigenvalue weighted by atomic mass is 10.00. The fraction of sp³-hybridized carbons (Fsp3) is 0.583. The molecule has 0 aliphatic rings. The van der Waals surface area contributed by atoms with Crippen LogP contribution in [0.2, 0.25) is 0 Å². The topological polar surface area (TPSA) is 29.1 Å². The molecule has 1 N–H and O–H groups in total. The first-order chi connectivity index (χ1) is 6.40. The van der Waals surface area contributed by atoms with E-state index in [9.17, 15) is 4.79 Å². The summed E-state index contributed by atoms with van der Waals surface area (Å²) < 4.78 is 0. The molecule has 0 rings (SSSR count). The third-order valence-corrected chi connectivity index (χ3v) is 2.50. The lowest BCUT2D eigenvalue weighted by molar-refractivity contribution is -0.122. The van der Waals surface area contributed by atoms with Gasteiger partial charge in [0.2, 0.25) is 5.91 Å². The molecule has 0 unspecified atom stereocenters. The van der Waals surface area contributed by atoms with Crippen LogP contribution in [-0.2, 0) is 4.79 Å². The molecule has 0 aromatic carbocycles. The van der Waals surface area contributed by atoms with E-state index in [1.165, 1.54) is 16.7 Å². The lowest BCUT2D eigenvalue weighted by Crippen LogP contribution is -2.24. The Kier molecular flexibility index (Phi) is 5.21. The van der Waals surface area contributed by atoms with Crippen molar-refractivity contribution in [2.75, 3.05) is 7.05 Å². The van der Waals surface area contributed by atoms with E-state index in [1.807, 2.05) is 19.9 Å². The van der Waals surface area contributed by atoms with Gasteiger partial charge in [0.1, 0.15) is 0 Å². The van der Waals surface area contributed by atoms with Crippen molar-refractivity contribution in [1.82, 2.24) is 5.32 Å². The van der Waals surface area contributed by atoms with Crippen LogP contribution in [0.25, 0.3) is 0 Å². The van der Waals surface area contributed by atoms with E-state index in [2.05, 4.69) is 26.1 Å². The van der Waals surface area contributed by atoms with E-state index in [1.54, 1.807) is 7.05 Å². The monoisotopic (exact) mass is 195 g/mol. The van der Waals surface area contributed by atoms with Gasteiger partial charge in [-0.15, -0.1) is 0 Å². The van der Waals surface area contributed by atoms with Crippen LogP contribution in [0.15, 0.2) is 22.8 Å². The van der Waals surface area contributed by atoms with Gasteiger partial charge >= 0.3 is 0 Å². The summed E-state index contributed by atoms with van der Waals surface area (Å²) in [5.74, 6) is 0.000191. The van der Waals surface area contributed by atoms with Crippen LogP contribution in [0.3, 0.4) is 0 Å². The molecule has 0 aliphatic heterocycles. The van der Waals surface area contributed by atoms with Gasteiger partial charge in [0, 0.05) is 7.05 Å². The first kappa shape index (κ1) is 12.9. The second-order valence-corrected chi connectivity index (χ2v) is 3.88. The minimum absolute atomic E-state index is 0.0608. The second-order valence-electron chi connectivity index (χ2n) is 3.88. The third kappa shape index (κ3) is 3.77. The Bertz CT molecular complexity index is 270. The maximum absolute atomic E-state index is 11.3. The van der Waals surface area contributed by atoms with Gasteiger partial charge < -0.3 is 5.32 Å². The van der Waals surface area contributed by atoms with Crippen molar-refractivity contribution in [2.45, 2.75) is 34.6 Å². The highest BCUT2D eigenvalue weighted by molar-refractivity contribution is 5.79. The van der Waals surface area contributed by atoms with E-state index >= 15 is 0 Å². The van der Waals surface area contributed by atoms with Gasteiger partial charge in [-0.3, -0.25) is 4.79 Å². The summed E-state index contributed by atoms with van der Waals surface area (Å²) in [5, 5.41) is 2.64. The molecule has 0 fully saturated rings. The van der Waals surface area contributed by atoms with E-state index in [-0.39, 0.29) is 11.8 Å². The number of allylic oxidation sites excluding steroid dienone is 3. The fourth-order valence-electron chi connectivity index (χ4n) is 1.20. The summed E-state index contributed by atoms with van der Waals surface area (Å²) >= 11 is 0. The number of hydrogen-bond donors (Lipinski definition) is 1. The Labute approximate surface area is 87.1 Å². The number of hydrogen-bond acceptors (Lipinski definition) is 1. The molecule has 0 spiro atoms. The van der Waals surface area contributed by atoms with Crippen LogP contribution < -0.4 is 5.32 Å². The highest BCUT2D eigenvalue weighted by atomic mass is 16.1. The fourth-order valence-corrected chi connectivity index (χ4v) is 1.20. The summed E-state index contributed by atoms with van der Waals surface area (Å²) in [6.45, 7) is 10.2. The van der Waals surface area contributed by atoms with Crippen molar-refractivity contribution in [3.63, 3.8) is 0 Å². The largest absolute Gasteiger partial charge is 0.359 e. The predicted octanol–water partition coefficient (Wildman–Crippen LogP) is 2.67. The van der Waals surface area contributed by atoms with Gasteiger partial charge in [0.05, 0.1) is 5.92 Å². The number of amides is 1. The molecule has 0 aromatic heterocycles. The molecule has 1 amide bonds. The SMILES string of the molecule is CNC(=O)[C@H](C)/C=C(\C)C(C)=C(C)C. The average molecular weight is 195 g/mol. The molecule has 0 saturated carbocycles. The van der Waals surface area contributed by atoms with E-state index in [4.69, 9.17) is 0 Å². The van der Waals surface area contributed by atoms with Crippen LogP contribution in [-0.4, -0.2) is 13.0 Å². The molecule has 0 aromatic rings. The maximum Gasteiger partial charge on any atom is 0.226 e. The van der Waals surface area contributed by atoms with Crippen LogP contribution in [0.4, 0.5) is 0 Å². The minimum atomic E-state index is -0.0608. The standard InChI is InChI=1S/C12H21NO/c1-8(2)11(5)9(3)7-10(4)12(14)13-6/h7,10H,1-6H3,(H,13,14)/b9-7+/t10-/m1/s1. The molecule has 0 heterocycles. The first-order valence-electron chi connectivity index (χ1n) is 4.94. The molecular weight excluding hydrogens is 174 g/mol. The smallest absolute Gasteiger partial charge is 0.226 e. The average Bonchev–Trinajstić information content (AvgIpc) is 2.14. The highest BCUT2D eigenvalue weighted by Crippen LogP contribution is 2.15. The van der Waals surface area contributed by atoms with Gasteiger partial charge in [-0.25, -0.2) is 0 Å². The van der Waals surface area contributed by atoms with Gasteiger partial charge in [0.25, 0.3) is 0 Å². The summed E-state index contributed by atoms with van der Waals surface area (Å²) in [5.41, 5.74) is 3.74. The van der Waals surface area contributed by atoms with Crippen molar-refractivity contribution in [3.05, 3.63) is 22.8 Å². The quantitative estimate of drug-likeness (QED) is 0.689. The number of rotatable bonds is 3. The molecule has 0 saturated heterocycles. The number of carbonyl (C=O) groups is 1. The predicted molar refractivity (Wildman–Crippen MR) is 61.0 cm³/mol. The minimum Gasteiger partial charge on any atom is -0.359 e. The van der Waals surface area contributed by atoms with Crippen LogP contribution in [0, 0.1) is 5.92 Å². The summed E-state index contributed by atoms with van der Waals surface area (Å²) in [6.07, 6.45) is 2.00. The molecule has 14 heavy (non-hydrogen) atoms. The Hall–Kier alpha value is -1.05. The van der Waals surface area contributed by atoms with Gasteiger partial charge in [-0.05, 0) is 33.3 Å². The van der Waals surface area contributed by atoms with E-state index < -0.39 is 0 Å². The maximum atomic E-state index is 11.3. The summed E-state index contributed by atoms with van der Waals surface area (Å²) in [4.78, 5) is 11.3. The summed E-state index contributed by atoms with van der Waals surface area (Å²) in [7, 11) is 1.66. The number of carbonyl (C=O) groups excluding carboxylic acids is 1. The van der Waals surface area contributed by atoms with Crippen molar-refractivity contribution in [3.8, 4) is 0 Å². The Morgan fingerprint density at radius 3 is 2.07 bits per heavy atom. The second kappa shape index (κ2) is 5.63. The van der Waals surface area contributed by atoms with Crippen molar-refractivity contribution < 1.29 is 4.79 Å². The molecule has 80 valence electrons.